The van der Waals surface area contributed by atoms with Gasteiger partial charge in [0.15, 0.2) is 12.6 Å². The molecule has 0 aromatic carbocycles. The zero-order valence-electron chi connectivity index (χ0n) is 48.9. The van der Waals surface area contributed by atoms with Crippen molar-refractivity contribution in [3.63, 3.8) is 0 Å². The molecule has 2 rings (SSSR count). The summed E-state index contributed by atoms with van der Waals surface area (Å²) in [6, 6.07) is -0.949. The van der Waals surface area contributed by atoms with Gasteiger partial charge in [0.05, 0.1) is 32.0 Å². The lowest BCUT2D eigenvalue weighted by atomic mass is 9.97. The third-order valence-electron chi connectivity index (χ3n) is 15.2. The van der Waals surface area contributed by atoms with Crippen molar-refractivity contribution in [3.05, 3.63) is 60.8 Å². The van der Waals surface area contributed by atoms with Crippen LogP contribution in [0, 0.1) is 0 Å². The smallest absolute Gasteiger partial charge is 0.220 e. The third kappa shape index (κ3) is 34.2. The van der Waals surface area contributed by atoms with Crippen molar-refractivity contribution in [3.8, 4) is 0 Å². The van der Waals surface area contributed by atoms with Gasteiger partial charge in [0.1, 0.15) is 48.8 Å². The third-order valence-corrected chi connectivity index (χ3v) is 15.2. The first-order chi connectivity index (χ1) is 38.1. The maximum absolute atomic E-state index is 13.2. The number of carbonyl (C=O) groups is 1. The summed E-state index contributed by atoms with van der Waals surface area (Å²) in [6.45, 7) is 2.65. The summed E-state index contributed by atoms with van der Waals surface area (Å²) in [5.41, 5.74) is 0. The molecule has 0 spiro atoms. The summed E-state index contributed by atoms with van der Waals surface area (Å²) < 4.78 is 22.7. The number of carbonyl (C=O) groups excluding carboxylic acids is 1. The van der Waals surface area contributed by atoms with E-state index in [1.165, 1.54) is 161 Å². The molecule has 1 amide bonds. The van der Waals surface area contributed by atoms with Crippen LogP contribution in [0.5, 0.6) is 0 Å². The van der Waals surface area contributed by atoms with Crippen molar-refractivity contribution in [2.45, 2.75) is 319 Å². The Labute approximate surface area is 473 Å². The average Bonchev–Trinajstić information content (AvgIpc) is 3.47. The fourth-order valence-corrected chi connectivity index (χ4v) is 10.1. The minimum absolute atomic E-state index is 0.236. The fourth-order valence-electron chi connectivity index (χ4n) is 10.1. The van der Waals surface area contributed by atoms with Crippen LogP contribution in [0.25, 0.3) is 0 Å². The van der Waals surface area contributed by atoms with Gasteiger partial charge in [-0.25, -0.2) is 0 Å². The molecule has 2 aliphatic heterocycles. The van der Waals surface area contributed by atoms with Crippen molar-refractivity contribution in [1.29, 1.82) is 0 Å². The van der Waals surface area contributed by atoms with E-state index in [0.29, 0.717) is 12.8 Å². The Kier molecular flexibility index (Phi) is 45.4. The van der Waals surface area contributed by atoms with Crippen molar-refractivity contribution < 1.29 is 64.6 Å². The number of nitrogens with one attached hydrogen (secondary N) is 1. The van der Waals surface area contributed by atoms with Gasteiger partial charge >= 0.3 is 0 Å². The monoisotopic (exact) mass is 1110 g/mol. The Bertz CT molecular complexity index is 1540. The minimum Gasteiger partial charge on any atom is -0.394 e. The van der Waals surface area contributed by atoms with E-state index in [9.17, 15) is 45.6 Å². The van der Waals surface area contributed by atoms with E-state index in [2.05, 4.69) is 67.8 Å². The van der Waals surface area contributed by atoms with E-state index in [-0.39, 0.29) is 18.9 Å². The van der Waals surface area contributed by atoms with Crippen LogP contribution in [0.15, 0.2) is 60.8 Å². The topological polar surface area (TPSA) is 228 Å². The van der Waals surface area contributed by atoms with E-state index in [0.717, 1.165) is 51.4 Å². The molecular formula is C64H115NO13. The highest BCUT2D eigenvalue weighted by atomic mass is 16.7. The van der Waals surface area contributed by atoms with Crippen LogP contribution in [0.2, 0.25) is 0 Å². The molecule has 0 aromatic heterocycles. The second-order valence-electron chi connectivity index (χ2n) is 22.1. The van der Waals surface area contributed by atoms with Crippen molar-refractivity contribution in [2.24, 2.45) is 0 Å². The number of allylic oxidation sites excluding steroid dienone is 9. The lowest BCUT2D eigenvalue weighted by Crippen LogP contribution is -2.65. The van der Waals surface area contributed by atoms with Crippen molar-refractivity contribution in [1.82, 2.24) is 5.32 Å². The van der Waals surface area contributed by atoms with E-state index >= 15 is 0 Å². The van der Waals surface area contributed by atoms with E-state index < -0.39 is 86.8 Å². The zero-order chi connectivity index (χ0) is 56.7. The molecule has 0 aromatic rings. The predicted molar refractivity (Wildman–Crippen MR) is 314 cm³/mol. The van der Waals surface area contributed by atoms with Gasteiger partial charge in [0.25, 0.3) is 0 Å². The van der Waals surface area contributed by atoms with Crippen LogP contribution in [-0.2, 0) is 23.7 Å². The van der Waals surface area contributed by atoms with Gasteiger partial charge in [-0.3, -0.25) is 4.79 Å². The highest BCUT2D eigenvalue weighted by Crippen LogP contribution is 2.30. The van der Waals surface area contributed by atoms with Gasteiger partial charge in [0.2, 0.25) is 5.91 Å². The number of aliphatic hydroxyl groups is 8. The summed E-state index contributed by atoms with van der Waals surface area (Å²) in [7, 11) is 0. The van der Waals surface area contributed by atoms with Crippen molar-refractivity contribution >= 4 is 5.91 Å². The van der Waals surface area contributed by atoms with Crippen LogP contribution >= 0.6 is 0 Å². The Morgan fingerprint density at radius 2 is 0.897 bits per heavy atom. The second-order valence-corrected chi connectivity index (χ2v) is 22.1. The quantitative estimate of drug-likeness (QED) is 0.0204. The van der Waals surface area contributed by atoms with E-state index in [1.54, 1.807) is 6.08 Å². The average molecular weight is 1110 g/mol. The number of amides is 1. The lowest BCUT2D eigenvalue weighted by Gasteiger charge is -2.46. The summed E-state index contributed by atoms with van der Waals surface area (Å²) in [5, 5.41) is 87.0. The number of hydrogen-bond donors (Lipinski definition) is 9. The molecule has 454 valence electrons. The normalized spacial score (nSPS) is 24.9. The first-order valence-corrected chi connectivity index (χ1v) is 31.5. The minimum atomic E-state index is -1.80. The highest BCUT2D eigenvalue weighted by molar-refractivity contribution is 5.76. The van der Waals surface area contributed by atoms with Crippen LogP contribution in [0.4, 0.5) is 0 Å². The van der Waals surface area contributed by atoms with Crippen LogP contribution in [0.3, 0.4) is 0 Å². The summed E-state index contributed by atoms with van der Waals surface area (Å²) in [5.74, 6) is -0.279. The molecule has 2 aliphatic rings. The molecule has 14 heteroatoms. The molecule has 0 aliphatic carbocycles. The Morgan fingerprint density at radius 3 is 1.41 bits per heavy atom. The SMILES string of the molecule is CC/C=C\C/C=C\C/C=C\CCCCCC(=O)NC(COC1OC(CO)C(OC2OC(CO)C(O)C(O)C2O)C(O)C1O)C(O)/C=C/CC/C=C/CCCCCCCCCCCCCCCCCCCCCCCCCCC. The maximum Gasteiger partial charge on any atom is 0.220 e. The standard InChI is InChI=1S/C64H115NO13/c1-3-5-7-9-11-13-15-17-18-19-20-21-22-23-24-25-26-27-28-29-30-31-32-33-34-36-37-39-41-43-45-47-53(68)52(65-56(69)48-46-44-42-40-38-35-16-14-12-10-8-6-4-2)51-75-63-61(74)59(72)62(55(50-67)77-63)78-64-60(73)58(71)57(70)54(49-66)76-64/h6,8,12,14,35,37-39,45,47,52-55,57-64,66-68,70-74H,3-5,7,9-11,13,15-34,36,40-44,46,48-51H2,1-2H3,(H,65,69)/b8-6-,14-12-,38-35-,39-37+,47-45+. The molecule has 2 fully saturated rings. The summed E-state index contributed by atoms with van der Waals surface area (Å²) in [6.07, 6.45) is 47.3. The van der Waals surface area contributed by atoms with E-state index in [4.69, 9.17) is 18.9 Å². The Balaban J connectivity index is 1.69. The lowest BCUT2D eigenvalue weighted by molar-refractivity contribution is -0.359. The van der Waals surface area contributed by atoms with Gasteiger partial charge in [-0.05, 0) is 64.2 Å². The first kappa shape index (κ1) is 71.8. The fraction of sp³-hybridized carbons (Fsp3) is 0.828. The first-order valence-electron chi connectivity index (χ1n) is 31.5. The second kappa shape index (κ2) is 49.3. The van der Waals surface area contributed by atoms with Gasteiger partial charge < -0.3 is 65.1 Å². The largest absolute Gasteiger partial charge is 0.394 e. The van der Waals surface area contributed by atoms with Crippen LogP contribution < -0.4 is 5.32 Å². The van der Waals surface area contributed by atoms with Crippen LogP contribution in [-0.4, -0.2) is 140 Å². The summed E-state index contributed by atoms with van der Waals surface area (Å²) >= 11 is 0. The molecule has 0 radical (unpaired) electrons. The van der Waals surface area contributed by atoms with E-state index in [1.807, 2.05) is 6.08 Å². The number of rotatable bonds is 50. The molecular weight excluding hydrogens is 991 g/mol. The number of aliphatic hydroxyl groups excluding tert-OH is 8. The summed E-state index contributed by atoms with van der Waals surface area (Å²) in [4.78, 5) is 13.2. The van der Waals surface area contributed by atoms with Gasteiger partial charge in [-0.15, -0.1) is 0 Å². The molecule has 0 bridgehead atoms. The van der Waals surface area contributed by atoms with Crippen molar-refractivity contribution in [2.75, 3.05) is 19.8 Å². The molecule has 0 saturated carbocycles. The predicted octanol–water partition coefficient (Wildman–Crippen LogP) is 11.3. The molecule has 2 heterocycles. The Morgan fingerprint density at radius 1 is 0.474 bits per heavy atom. The van der Waals surface area contributed by atoms with Gasteiger partial charge in [0, 0.05) is 6.42 Å². The number of ether oxygens (including phenoxy) is 4. The molecule has 9 N–H and O–H groups in total. The van der Waals surface area contributed by atoms with Gasteiger partial charge in [-0.1, -0.05) is 235 Å². The number of hydrogen-bond acceptors (Lipinski definition) is 13. The molecule has 12 unspecified atom stereocenters. The zero-order valence-corrected chi connectivity index (χ0v) is 48.9. The highest BCUT2D eigenvalue weighted by Gasteiger charge is 2.51. The molecule has 14 nitrogen and oxygen atoms in total. The number of unbranched alkanes of at least 4 members (excludes halogenated alkanes) is 29. The Hall–Kier alpha value is -2.31. The maximum atomic E-state index is 13.2. The molecule has 78 heavy (non-hydrogen) atoms. The van der Waals surface area contributed by atoms with Gasteiger partial charge in [-0.2, -0.15) is 0 Å². The van der Waals surface area contributed by atoms with Crippen LogP contribution in [0.1, 0.15) is 245 Å². The molecule has 2 saturated heterocycles. The molecule has 12 atom stereocenters.